The van der Waals surface area contributed by atoms with Crippen LogP contribution in [0.5, 0.6) is 5.75 Å². The number of nitrogens with two attached hydrogens (primary N) is 1. The number of aliphatic hydroxyl groups is 1. The minimum absolute atomic E-state index is 0.290. The minimum atomic E-state index is -0.764. The molecule has 84 valence electrons. The Morgan fingerprint density at radius 3 is 2.60 bits per heavy atom. The van der Waals surface area contributed by atoms with Crippen molar-refractivity contribution >= 4 is 0 Å². The highest BCUT2D eigenvalue weighted by atomic mass is 16.5. The van der Waals surface area contributed by atoms with E-state index in [0.717, 1.165) is 12.2 Å². The van der Waals surface area contributed by atoms with Crippen molar-refractivity contribution in [1.29, 1.82) is 0 Å². The summed E-state index contributed by atoms with van der Waals surface area (Å²) in [6.07, 6.45) is 1.47. The van der Waals surface area contributed by atoms with Crippen LogP contribution in [-0.4, -0.2) is 23.9 Å². The molecule has 15 heavy (non-hydrogen) atoms. The van der Waals surface area contributed by atoms with Gasteiger partial charge in [-0.15, -0.1) is 0 Å². The molecule has 0 amide bonds. The van der Waals surface area contributed by atoms with Crippen molar-refractivity contribution in [3.05, 3.63) is 30.3 Å². The van der Waals surface area contributed by atoms with Crippen molar-refractivity contribution in [2.24, 2.45) is 5.73 Å². The summed E-state index contributed by atoms with van der Waals surface area (Å²) < 4.78 is 5.49. The molecule has 0 heterocycles. The lowest BCUT2D eigenvalue weighted by Gasteiger charge is -2.20. The van der Waals surface area contributed by atoms with Gasteiger partial charge in [0.2, 0.25) is 0 Å². The molecule has 0 aliphatic rings. The molecule has 0 spiro atoms. The molecule has 1 atom stereocenters. The molecule has 0 bridgehead atoms. The van der Waals surface area contributed by atoms with Gasteiger partial charge in [0.25, 0.3) is 0 Å². The molecule has 1 aromatic carbocycles. The highest BCUT2D eigenvalue weighted by molar-refractivity contribution is 5.20. The lowest BCUT2D eigenvalue weighted by molar-refractivity contribution is 0.0536. The summed E-state index contributed by atoms with van der Waals surface area (Å²) in [5, 5.41) is 9.64. The molecule has 0 radical (unpaired) electrons. The first-order chi connectivity index (χ1) is 7.14. The Morgan fingerprint density at radius 1 is 1.33 bits per heavy atom. The zero-order valence-electron chi connectivity index (χ0n) is 9.15. The van der Waals surface area contributed by atoms with E-state index in [1.165, 1.54) is 0 Å². The maximum absolute atomic E-state index is 9.64. The van der Waals surface area contributed by atoms with E-state index in [4.69, 9.17) is 10.5 Å². The van der Waals surface area contributed by atoms with E-state index >= 15 is 0 Å². The molecular weight excluding hydrogens is 190 g/mol. The molecule has 0 aliphatic carbocycles. The maximum atomic E-state index is 9.64. The van der Waals surface area contributed by atoms with Gasteiger partial charge in [-0.25, -0.2) is 0 Å². The van der Waals surface area contributed by atoms with Gasteiger partial charge in [0.15, 0.2) is 0 Å². The summed E-state index contributed by atoms with van der Waals surface area (Å²) >= 11 is 0. The Bertz CT molecular complexity index is 272. The third-order valence-electron chi connectivity index (χ3n) is 2.31. The fraction of sp³-hybridized carbons (Fsp3) is 0.500. The predicted octanol–water partition coefficient (Wildman–Crippen LogP) is 1.56. The van der Waals surface area contributed by atoms with E-state index in [2.05, 4.69) is 0 Å². The van der Waals surface area contributed by atoms with E-state index in [-0.39, 0.29) is 0 Å². The van der Waals surface area contributed by atoms with Crippen molar-refractivity contribution in [2.75, 3.05) is 13.2 Å². The standard InChI is InChI=1S/C12H19NO2/c1-12(14,10-13)8-5-9-15-11-6-3-2-4-7-11/h2-4,6-7,14H,5,8-10,13H2,1H3. The Morgan fingerprint density at radius 2 is 2.00 bits per heavy atom. The summed E-state index contributed by atoms with van der Waals surface area (Å²) in [6, 6.07) is 9.66. The second kappa shape index (κ2) is 5.73. The Balaban J connectivity index is 2.18. The van der Waals surface area contributed by atoms with E-state index in [9.17, 15) is 5.11 Å². The van der Waals surface area contributed by atoms with Gasteiger partial charge in [-0.1, -0.05) is 18.2 Å². The van der Waals surface area contributed by atoms with Crippen molar-refractivity contribution < 1.29 is 9.84 Å². The third-order valence-corrected chi connectivity index (χ3v) is 2.31. The molecule has 3 N–H and O–H groups in total. The SMILES string of the molecule is CC(O)(CN)CCCOc1ccccc1. The van der Waals surface area contributed by atoms with Crippen LogP contribution in [0.2, 0.25) is 0 Å². The molecule has 3 heteroatoms. The van der Waals surface area contributed by atoms with E-state index in [1.54, 1.807) is 6.92 Å². The van der Waals surface area contributed by atoms with Gasteiger partial charge in [-0.2, -0.15) is 0 Å². The minimum Gasteiger partial charge on any atom is -0.494 e. The summed E-state index contributed by atoms with van der Waals surface area (Å²) in [5.41, 5.74) is 4.64. The first-order valence-electron chi connectivity index (χ1n) is 5.24. The molecule has 0 saturated carbocycles. The van der Waals surface area contributed by atoms with Crippen molar-refractivity contribution in [3.8, 4) is 5.75 Å². The highest BCUT2D eigenvalue weighted by Gasteiger charge is 2.16. The quantitative estimate of drug-likeness (QED) is 0.699. The fourth-order valence-corrected chi connectivity index (χ4v) is 1.26. The van der Waals surface area contributed by atoms with Crippen molar-refractivity contribution in [1.82, 2.24) is 0 Å². The average Bonchev–Trinajstić information content (AvgIpc) is 2.26. The van der Waals surface area contributed by atoms with Crippen LogP contribution in [0.3, 0.4) is 0 Å². The molecular formula is C12H19NO2. The van der Waals surface area contributed by atoms with Gasteiger partial charge < -0.3 is 15.6 Å². The van der Waals surface area contributed by atoms with Crippen LogP contribution in [0.1, 0.15) is 19.8 Å². The monoisotopic (exact) mass is 209 g/mol. The maximum Gasteiger partial charge on any atom is 0.119 e. The first-order valence-corrected chi connectivity index (χ1v) is 5.24. The molecule has 0 saturated heterocycles. The molecule has 0 aliphatic heterocycles. The van der Waals surface area contributed by atoms with Crippen LogP contribution in [0.15, 0.2) is 30.3 Å². The zero-order valence-corrected chi connectivity index (χ0v) is 9.15. The number of rotatable bonds is 6. The van der Waals surface area contributed by atoms with Gasteiger partial charge in [-0.05, 0) is 31.9 Å². The molecule has 0 aromatic heterocycles. The summed E-state index contributed by atoms with van der Waals surface area (Å²) in [5.74, 6) is 0.866. The van der Waals surface area contributed by atoms with Gasteiger partial charge in [0, 0.05) is 6.54 Å². The molecule has 0 fully saturated rings. The second-order valence-corrected chi connectivity index (χ2v) is 3.97. The summed E-state index contributed by atoms with van der Waals surface area (Å²) in [6.45, 7) is 2.65. The smallest absolute Gasteiger partial charge is 0.119 e. The molecule has 1 aromatic rings. The van der Waals surface area contributed by atoms with E-state index in [1.807, 2.05) is 30.3 Å². The fourth-order valence-electron chi connectivity index (χ4n) is 1.26. The van der Waals surface area contributed by atoms with Crippen LogP contribution in [0.4, 0.5) is 0 Å². The van der Waals surface area contributed by atoms with Crippen LogP contribution in [0.25, 0.3) is 0 Å². The number of ether oxygens (including phenoxy) is 1. The van der Waals surface area contributed by atoms with Crippen LogP contribution >= 0.6 is 0 Å². The highest BCUT2D eigenvalue weighted by Crippen LogP contribution is 2.12. The van der Waals surface area contributed by atoms with Crippen LogP contribution in [-0.2, 0) is 0 Å². The molecule has 3 nitrogen and oxygen atoms in total. The van der Waals surface area contributed by atoms with Crippen LogP contribution in [0, 0.1) is 0 Å². The predicted molar refractivity (Wildman–Crippen MR) is 60.8 cm³/mol. The summed E-state index contributed by atoms with van der Waals surface area (Å²) in [4.78, 5) is 0. The number of hydrogen-bond acceptors (Lipinski definition) is 3. The molecule has 1 unspecified atom stereocenters. The average molecular weight is 209 g/mol. The van der Waals surface area contributed by atoms with E-state index in [0.29, 0.717) is 19.6 Å². The second-order valence-electron chi connectivity index (χ2n) is 3.97. The van der Waals surface area contributed by atoms with Crippen LogP contribution < -0.4 is 10.5 Å². The number of hydrogen-bond donors (Lipinski definition) is 2. The Hall–Kier alpha value is -1.06. The third kappa shape index (κ3) is 4.81. The largest absolute Gasteiger partial charge is 0.494 e. The van der Waals surface area contributed by atoms with Gasteiger partial charge in [0.1, 0.15) is 5.75 Å². The zero-order chi connectivity index (χ0) is 11.1. The Labute approximate surface area is 90.9 Å². The normalized spacial score (nSPS) is 14.6. The van der Waals surface area contributed by atoms with Crippen molar-refractivity contribution in [3.63, 3.8) is 0 Å². The molecule has 1 rings (SSSR count). The van der Waals surface area contributed by atoms with Gasteiger partial charge in [0.05, 0.1) is 12.2 Å². The summed E-state index contributed by atoms with van der Waals surface area (Å²) in [7, 11) is 0. The van der Waals surface area contributed by atoms with Crippen molar-refractivity contribution in [2.45, 2.75) is 25.4 Å². The Kier molecular flexibility index (Phi) is 4.59. The van der Waals surface area contributed by atoms with E-state index < -0.39 is 5.60 Å². The lowest BCUT2D eigenvalue weighted by Crippen LogP contribution is -2.34. The topological polar surface area (TPSA) is 55.5 Å². The first kappa shape index (κ1) is 12.0. The lowest BCUT2D eigenvalue weighted by atomic mass is 10.0. The van der Waals surface area contributed by atoms with Gasteiger partial charge >= 0.3 is 0 Å². The number of benzene rings is 1. The van der Waals surface area contributed by atoms with Gasteiger partial charge in [-0.3, -0.25) is 0 Å². The number of para-hydroxylation sites is 1.